The van der Waals surface area contributed by atoms with Crippen LogP contribution in [0.25, 0.3) is 0 Å². The van der Waals surface area contributed by atoms with E-state index in [0.717, 1.165) is 30.0 Å². The van der Waals surface area contributed by atoms with Gasteiger partial charge in [-0.1, -0.05) is 44.2 Å². The van der Waals surface area contributed by atoms with Gasteiger partial charge in [-0.25, -0.2) is 0 Å². The van der Waals surface area contributed by atoms with E-state index in [1.807, 2.05) is 0 Å². The fraction of sp³-hybridized carbons (Fsp3) is 0.458. The van der Waals surface area contributed by atoms with Crippen molar-refractivity contribution in [1.29, 1.82) is 0 Å². The van der Waals surface area contributed by atoms with E-state index in [2.05, 4.69) is 15.4 Å². The number of carbonyl (C=O) groups is 1. The maximum Gasteiger partial charge on any atom is 0.573 e. The number of carbonyl (C=O) groups excluding carboxylic acids is 1. The number of ether oxygens (including phenoxy) is 1. The van der Waals surface area contributed by atoms with Crippen LogP contribution in [0.2, 0.25) is 0 Å². The molecule has 5 nitrogen and oxygen atoms in total. The van der Waals surface area contributed by atoms with Crippen molar-refractivity contribution in [3.8, 4) is 5.75 Å². The molecule has 0 aliphatic heterocycles. The van der Waals surface area contributed by atoms with E-state index in [1.54, 1.807) is 30.3 Å². The van der Waals surface area contributed by atoms with Crippen LogP contribution in [0.15, 0.2) is 42.5 Å². The number of benzene rings is 2. The minimum atomic E-state index is -4.70. The summed E-state index contributed by atoms with van der Waals surface area (Å²) >= 11 is 0. The zero-order valence-corrected chi connectivity index (χ0v) is 18.0. The number of hydrogen-bond acceptors (Lipinski definition) is 4. The molecule has 0 atom stereocenters. The molecule has 174 valence electrons. The second-order valence-electron chi connectivity index (χ2n) is 8.29. The molecule has 1 aliphatic rings. The lowest BCUT2D eigenvalue weighted by Gasteiger charge is -2.21. The maximum absolute atomic E-state index is 12.3. The normalized spacial score (nSPS) is 14.7. The Labute approximate surface area is 186 Å². The molecule has 0 aromatic heterocycles. The van der Waals surface area contributed by atoms with Crippen molar-refractivity contribution in [2.45, 2.75) is 64.3 Å². The summed E-state index contributed by atoms with van der Waals surface area (Å²) in [7, 11) is 0. The highest BCUT2D eigenvalue weighted by Crippen LogP contribution is 2.28. The van der Waals surface area contributed by atoms with Crippen molar-refractivity contribution >= 4 is 23.0 Å². The first-order chi connectivity index (χ1) is 15.3. The number of nitrogens with two attached hydrogens (primary N) is 1. The molecule has 2 aromatic rings. The first-order valence-corrected chi connectivity index (χ1v) is 11.1. The second kappa shape index (κ2) is 11.1. The molecule has 0 unspecified atom stereocenters. The van der Waals surface area contributed by atoms with Crippen LogP contribution in [-0.2, 0) is 11.3 Å². The third kappa shape index (κ3) is 7.98. The van der Waals surface area contributed by atoms with Crippen LogP contribution in [0.1, 0.15) is 56.9 Å². The van der Waals surface area contributed by atoms with E-state index in [1.165, 1.54) is 44.2 Å². The predicted molar refractivity (Wildman–Crippen MR) is 120 cm³/mol. The van der Waals surface area contributed by atoms with Gasteiger partial charge in [0.1, 0.15) is 5.75 Å². The summed E-state index contributed by atoms with van der Waals surface area (Å²) in [6.07, 6.45) is 4.32. The standard InChI is InChI=1S/C24H30F3N3O2/c25-24(26,27)32-20-12-9-18(10-13-20)16-29-19-11-14-22(21(28)15-19)30-23(31)8-4-7-17-5-2-1-3-6-17/h9-15,17,29H,1-8,16,28H2,(H,30,31). The molecule has 0 radical (unpaired) electrons. The van der Waals surface area contributed by atoms with Gasteiger partial charge in [0.15, 0.2) is 0 Å². The van der Waals surface area contributed by atoms with Crippen LogP contribution in [-0.4, -0.2) is 12.3 Å². The Hall–Kier alpha value is -2.90. The van der Waals surface area contributed by atoms with Crippen molar-refractivity contribution < 1.29 is 22.7 Å². The third-order valence-electron chi connectivity index (χ3n) is 5.72. The summed E-state index contributed by atoms with van der Waals surface area (Å²) in [5.41, 5.74) is 8.64. The van der Waals surface area contributed by atoms with Crippen LogP contribution in [0, 0.1) is 5.92 Å². The SMILES string of the molecule is Nc1cc(NCc2ccc(OC(F)(F)F)cc2)ccc1NC(=O)CCCC1CCCCC1. The lowest BCUT2D eigenvalue weighted by Crippen LogP contribution is -2.17. The van der Waals surface area contributed by atoms with Gasteiger partial charge >= 0.3 is 6.36 Å². The largest absolute Gasteiger partial charge is 0.573 e. The highest BCUT2D eigenvalue weighted by atomic mass is 19.4. The number of anilines is 3. The lowest BCUT2D eigenvalue weighted by atomic mass is 9.86. The van der Waals surface area contributed by atoms with Crippen LogP contribution >= 0.6 is 0 Å². The van der Waals surface area contributed by atoms with Gasteiger partial charge < -0.3 is 21.1 Å². The fourth-order valence-corrected chi connectivity index (χ4v) is 4.04. The number of nitrogen functional groups attached to an aromatic ring is 1. The van der Waals surface area contributed by atoms with Gasteiger partial charge in [-0.15, -0.1) is 13.2 Å². The van der Waals surface area contributed by atoms with Crippen molar-refractivity contribution in [3.63, 3.8) is 0 Å². The van der Waals surface area contributed by atoms with E-state index in [-0.39, 0.29) is 11.7 Å². The smallest absolute Gasteiger partial charge is 0.406 e. The predicted octanol–water partition coefficient (Wildman–Crippen LogP) is 6.47. The highest BCUT2D eigenvalue weighted by molar-refractivity contribution is 5.94. The molecule has 3 rings (SSSR count). The van der Waals surface area contributed by atoms with Gasteiger partial charge in [0.25, 0.3) is 0 Å². The number of rotatable bonds is 9. The molecule has 0 heterocycles. The maximum atomic E-state index is 12.3. The molecule has 1 amide bonds. The second-order valence-corrected chi connectivity index (χ2v) is 8.29. The molecule has 2 aromatic carbocycles. The zero-order valence-electron chi connectivity index (χ0n) is 18.0. The average Bonchev–Trinajstić information content (AvgIpc) is 2.75. The van der Waals surface area contributed by atoms with Crippen molar-refractivity contribution in [1.82, 2.24) is 0 Å². The Kier molecular flexibility index (Phi) is 8.25. The summed E-state index contributed by atoms with van der Waals surface area (Å²) in [6.45, 7) is 0.401. The van der Waals surface area contributed by atoms with Crippen molar-refractivity contribution in [3.05, 3.63) is 48.0 Å². The molecular weight excluding hydrogens is 419 g/mol. The van der Waals surface area contributed by atoms with Gasteiger partial charge in [0.2, 0.25) is 5.91 Å². The van der Waals surface area contributed by atoms with Gasteiger partial charge in [-0.2, -0.15) is 0 Å². The number of nitrogens with one attached hydrogen (secondary N) is 2. The summed E-state index contributed by atoms with van der Waals surface area (Å²) in [4.78, 5) is 12.3. The van der Waals surface area contributed by atoms with Crippen molar-refractivity contribution in [2.24, 2.45) is 5.92 Å². The molecule has 1 fully saturated rings. The Balaban J connectivity index is 1.43. The Bertz CT molecular complexity index is 879. The topological polar surface area (TPSA) is 76.4 Å². The summed E-state index contributed by atoms with van der Waals surface area (Å²) in [5.74, 6) is 0.471. The van der Waals surface area contributed by atoms with Gasteiger partial charge in [0, 0.05) is 18.7 Å². The molecule has 1 saturated carbocycles. The number of alkyl halides is 3. The molecule has 8 heteroatoms. The molecule has 0 bridgehead atoms. The quantitative estimate of drug-likeness (QED) is 0.384. The molecule has 4 N–H and O–H groups in total. The molecule has 0 saturated heterocycles. The summed E-state index contributed by atoms with van der Waals surface area (Å²) in [6, 6.07) is 10.9. The van der Waals surface area contributed by atoms with E-state index in [4.69, 9.17) is 5.73 Å². The number of hydrogen-bond donors (Lipinski definition) is 3. The van der Waals surface area contributed by atoms with Gasteiger partial charge in [-0.05, 0) is 54.7 Å². The van der Waals surface area contributed by atoms with Crippen LogP contribution in [0.3, 0.4) is 0 Å². The Morgan fingerprint density at radius 3 is 2.44 bits per heavy atom. The van der Waals surface area contributed by atoms with E-state index >= 15 is 0 Å². The summed E-state index contributed by atoms with van der Waals surface area (Å²) in [5, 5.41) is 6.04. The van der Waals surface area contributed by atoms with E-state index < -0.39 is 6.36 Å². The Morgan fingerprint density at radius 2 is 1.78 bits per heavy atom. The minimum Gasteiger partial charge on any atom is -0.406 e. The zero-order chi connectivity index (χ0) is 23.0. The minimum absolute atomic E-state index is 0.0330. The van der Waals surface area contributed by atoms with E-state index in [9.17, 15) is 18.0 Å². The highest BCUT2D eigenvalue weighted by Gasteiger charge is 2.30. The third-order valence-corrected chi connectivity index (χ3v) is 5.72. The fourth-order valence-electron chi connectivity index (χ4n) is 4.04. The van der Waals surface area contributed by atoms with E-state index in [0.29, 0.717) is 24.3 Å². The molecule has 1 aliphatic carbocycles. The Morgan fingerprint density at radius 1 is 1.06 bits per heavy atom. The van der Waals surface area contributed by atoms with Gasteiger partial charge in [0.05, 0.1) is 11.4 Å². The lowest BCUT2D eigenvalue weighted by molar-refractivity contribution is -0.274. The molecule has 32 heavy (non-hydrogen) atoms. The number of amides is 1. The first-order valence-electron chi connectivity index (χ1n) is 11.1. The van der Waals surface area contributed by atoms with Crippen LogP contribution in [0.5, 0.6) is 5.75 Å². The monoisotopic (exact) mass is 449 g/mol. The number of halogens is 3. The van der Waals surface area contributed by atoms with Crippen LogP contribution < -0.4 is 21.1 Å². The molecule has 0 spiro atoms. The average molecular weight is 450 g/mol. The van der Waals surface area contributed by atoms with Gasteiger partial charge in [-0.3, -0.25) is 4.79 Å². The van der Waals surface area contributed by atoms with Crippen molar-refractivity contribution in [2.75, 3.05) is 16.4 Å². The summed E-state index contributed by atoms with van der Waals surface area (Å²) < 4.78 is 40.5. The van der Waals surface area contributed by atoms with Crippen LogP contribution in [0.4, 0.5) is 30.2 Å². The molecular formula is C24H30F3N3O2. The first kappa shape index (κ1) is 23.8.